The topological polar surface area (TPSA) is 41.6 Å². The van der Waals surface area contributed by atoms with Crippen LogP contribution in [-0.4, -0.2) is 32.2 Å². The van der Waals surface area contributed by atoms with Crippen LogP contribution in [0.1, 0.15) is 13.3 Å². The minimum Gasteiger partial charge on any atom is -0.383 e. The molecule has 1 aromatic rings. The van der Waals surface area contributed by atoms with Gasteiger partial charge in [0.15, 0.2) is 0 Å². The Bertz CT molecular complexity index is 393. The van der Waals surface area contributed by atoms with E-state index < -0.39 is 0 Å². The molecule has 1 aliphatic rings. The molecule has 0 aliphatic carbocycles. The molecule has 0 spiro atoms. The smallest absolute Gasteiger partial charge is 0.253 e. The van der Waals surface area contributed by atoms with Gasteiger partial charge in [-0.1, -0.05) is 12.1 Å². The van der Waals surface area contributed by atoms with Crippen LogP contribution in [0, 0.1) is 0 Å². The molecule has 0 fully saturated rings. The van der Waals surface area contributed by atoms with Gasteiger partial charge in [0, 0.05) is 19.7 Å². The average molecular weight is 234 g/mol. The molecular weight excluding hydrogens is 216 g/mol. The van der Waals surface area contributed by atoms with Gasteiger partial charge in [-0.25, -0.2) is 0 Å². The third kappa shape index (κ3) is 2.77. The van der Waals surface area contributed by atoms with Crippen LogP contribution < -0.4 is 10.2 Å². The van der Waals surface area contributed by atoms with Crippen LogP contribution in [0.5, 0.6) is 0 Å². The van der Waals surface area contributed by atoms with Crippen LogP contribution >= 0.6 is 0 Å². The van der Waals surface area contributed by atoms with Crippen LogP contribution in [0.2, 0.25) is 0 Å². The lowest BCUT2D eigenvalue weighted by Gasteiger charge is -2.22. The van der Waals surface area contributed by atoms with Gasteiger partial charge in [-0.3, -0.25) is 4.79 Å². The highest BCUT2D eigenvalue weighted by Crippen LogP contribution is 2.27. The number of amides is 1. The predicted molar refractivity (Wildman–Crippen MR) is 68.4 cm³/mol. The first-order valence-corrected chi connectivity index (χ1v) is 6.04. The zero-order valence-corrected chi connectivity index (χ0v) is 10.1. The lowest BCUT2D eigenvalue weighted by molar-refractivity contribution is -0.122. The normalized spacial score (nSPS) is 14.8. The highest BCUT2D eigenvalue weighted by molar-refractivity contribution is 5.97. The van der Waals surface area contributed by atoms with E-state index in [1.165, 1.54) is 0 Å². The summed E-state index contributed by atoms with van der Waals surface area (Å²) in [7, 11) is 0. The third-order valence-electron chi connectivity index (χ3n) is 2.80. The molecule has 2 rings (SSSR count). The second-order valence-electron chi connectivity index (χ2n) is 3.98. The molecule has 1 heterocycles. The molecule has 1 amide bonds. The number of ether oxygens (including phenoxy) is 1. The second-order valence-corrected chi connectivity index (χ2v) is 3.98. The standard InChI is InChI=1S/C13H18N2O2/c1-2-17-10-13(16)15-9-5-8-14-11-6-3-4-7-12(11)15/h3-4,6-7,14H,2,5,8-10H2,1H3. The van der Waals surface area contributed by atoms with Crippen LogP contribution in [-0.2, 0) is 9.53 Å². The largest absolute Gasteiger partial charge is 0.383 e. The van der Waals surface area contributed by atoms with Gasteiger partial charge in [0.05, 0.1) is 11.4 Å². The number of nitrogens with zero attached hydrogens (tertiary/aromatic N) is 1. The number of para-hydroxylation sites is 2. The summed E-state index contributed by atoms with van der Waals surface area (Å²) in [5.41, 5.74) is 1.98. The van der Waals surface area contributed by atoms with Crippen molar-refractivity contribution in [2.45, 2.75) is 13.3 Å². The zero-order valence-electron chi connectivity index (χ0n) is 10.1. The van der Waals surface area contributed by atoms with Crippen LogP contribution in [0.3, 0.4) is 0 Å². The Morgan fingerprint density at radius 2 is 2.29 bits per heavy atom. The van der Waals surface area contributed by atoms with Gasteiger partial charge in [-0.2, -0.15) is 0 Å². The molecule has 4 heteroatoms. The summed E-state index contributed by atoms with van der Waals surface area (Å²) in [5.74, 6) is 0.0306. The van der Waals surface area contributed by atoms with Crippen molar-refractivity contribution in [1.82, 2.24) is 0 Å². The van der Waals surface area contributed by atoms with Crippen molar-refractivity contribution in [2.75, 3.05) is 36.5 Å². The van der Waals surface area contributed by atoms with Gasteiger partial charge in [-0.15, -0.1) is 0 Å². The number of fused-ring (bicyclic) bond motifs is 1. The monoisotopic (exact) mass is 234 g/mol. The van der Waals surface area contributed by atoms with Gasteiger partial charge >= 0.3 is 0 Å². The Labute approximate surface area is 102 Å². The van der Waals surface area contributed by atoms with Crippen molar-refractivity contribution in [3.05, 3.63) is 24.3 Å². The number of carbonyl (C=O) groups excluding carboxylic acids is 1. The second kappa shape index (κ2) is 5.68. The average Bonchev–Trinajstić information content (AvgIpc) is 2.58. The fourth-order valence-electron chi connectivity index (χ4n) is 1.97. The van der Waals surface area contributed by atoms with Crippen LogP contribution in [0.25, 0.3) is 0 Å². The molecule has 1 aliphatic heterocycles. The summed E-state index contributed by atoms with van der Waals surface area (Å²) < 4.78 is 5.19. The molecule has 0 unspecified atom stereocenters. The lowest BCUT2D eigenvalue weighted by atomic mass is 10.2. The quantitative estimate of drug-likeness (QED) is 0.868. The highest BCUT2D eigenvalue weighted by atomic mass is 16.5. The first-order valence-electron chi connectivity index (χ1n) is 6.04. The number of hydrogen-bond donors (Lipinski definition) is 1. The zero-order chi connectivity index (χ0) is 12.1. The molecule has 92 valence electrons. The Hall–Kier alpha value is -1.55. The van der Waals surface area contributed by atoms with E-state index in [0.29, 0.717) is 6.61 Å². The number of benzene rings is 1. The molecule has 0 radical (unpaired) electrons. The maximum atomic E-state index is 12.0. The van der Waals surface area contributed by atoms with E-state index in [-0.39, 0.29) is 12.5 Å². The fourth-order valence-corrected chi connectivity index (χ4v) is 1.97. The summed E-state index contributed by atoms with van der Waals surface area (Å²) in [6.07, 6.45) is 0.951. The summed E-state index contributed by atoms with van der Waals surface area (Å²) >= 11 is 0. The molecular formula is C13H18N2O2. The van der Waals surface area contributed by atoms with E-state index in [2.05, 4.69) is 5.32 Å². The fraction of sp³-hybridized carbons (Fsp3) is 0.462. The van der Waals surface area contributed by atoms with Gasteiger partial charge in [0.1, 0.15) is 6.61 Å². The van der Waals surface area contributed by atoms with Crippen molar-refractivity contribution < 1.29 is 9.53 Å². The van der Waals surface area contributed by atoms with E-state index in [4.69, 9.17) is 4.74 Å². The van der Waals surface area contributed by atoms with Gasteiger partial charge in [0.25, 0.3) is 5.91 Å². The summed E-state index contributed by atoms with van der Waals surface area (Å²) in [5, 5.41) is 3.33. The van der Waals surface area contributed by atoms with Gasteiger partial charge in [-0.05, 0) is 25.5 Å². The molecule has 0 saturated heterocycles. The first-order chi connectivity index (χ1) is 8.33. The minimum absolute atomic E-state index is 0.0306. The predicted octanol–water partition coefficient (Wildman–Crippen LogP) is 1.87. The van der Waals surface area contributed by atoms with Crippen molar-refractivity contribution in [1.29, 1.82) is 0 Å². The number of anilines is 2. The molecule has 0 saturated carbocycles. The molecule has 0 bridgehead atoms. The van der Waals surface area contributed by atoms with Crippen molar-refractivity contribution in [2.24, 2.45) is 0 Å². The maximum Gasteiger partial charge on any atom is 0.253 e. The first kappa shape index (κ1) is 11.9. The summed E-state index contributed by atoms with van der Waals surface area (Å²) in [6, 6.07) is 7.90. The highest BCUT2D eigenvalue weighted by Gasteiger charge is 2.20. The SMILES string of the molecule is CCOCC(=O)N1CCCNc2ccccc21. The molecule has 1 N–H and O–H groups in total. The van der Waals surface area contributed by atoms with E-state index in [9.17, 15) is 4.79 Å². The Balaban J connectivity index is 2.19. The van der Waals surface area contributed by atoms with Crippen LogP contribution in [0.15, 0.2) is 24.3 Å². The summed E-state index contributed by atoms with van der Waals surface area (Å²) in [4.78, 5) is 13.9. The molecule has 1 aromatic carbocycles. The molecule has 17 heavy (non-hydrogen) atoms. The number of hydrogen-bond acceptors (Lipinski definition) is 3. The third-order valence-corrected chi connectivity index (χ3v) is 2.80. The van der Waals surface area contributed by atoms with Gasteiger partial charge < -0.3 is 15.0 Å². The Kier molecular flexibility index (Phi) is 3.98. The van der Waals surface area contributed by atoms with E-state index >= 15 is 0 Å². The molecule has 0 aromatic heterocycles. The number of carbonyl (C=O) groups is 1. The minimum atomic E-state index is 0.0306. The van der Waals surface area contributed by atoms with Crippen LogP contribution in [0.4, 0.5) is 11.4 Å². The van der Waals surface area contributed by atoms with Crippen molar-refractivity contribution >= 4 is 17.3 Å². The maximum absolute atomic E-state index is 12.0. The molecule has 4 nitrogen and oxygen atoms in total. The van der Waals surface area contributed by atoms with Crippen molar-refractivity contribution in [3.8, 4) is 0 Å². The van der Waals surface area contributed by atoms with E-state index in [0.717, 1.165) is 30.9 Å². The summed E-state index contributed by atoms with van der Waals surface area (Å²) in [6.45, 7) is 4.26. The Morgan fingerprint density at radius 3 is 3.12 bits per heavy atom. The van der Waals surface area contributed by atoms with E-state index in [1.54, 1.807) is 0 Å². The lowest BCUT2D eigenvalue weighted by Crippen LogP contribution is -2.34. The van der Waals surface area contributed by atoms with E-state index in [1.807, 2.05) is 36.1 Å². The number of rotatable bonds is 3. The van der Waals surface area contributed by atoms with Crippen molar-refractivity contribution in [3.63, 3.8) is 0 Å². The number of nitrogens with one attached hydrogen (secondary N) is 1. The van der Waals surface area contributed by atoms with Gasteiger partial charge in [0.2, 0.25) is 0 Å². The Morgan fingerprint density at radius 1 is 1.47 bits per heavy atom. The molecule has 0 atom stereocenters.